The highest BCUT2D eigenvalue weighted by Gasteiger charge is 2.34. The van der Waals surface area contributed by atoms with Crippen LogP contribution in [-0.2, 0) is 10.2 Å². The molecular weight excluding hydrogens is 214 g/mol. The zero-order chi connectivity index (χ0) is 13.1. The van der Waals surface area contributed by atoms with Gasteiger partial charge in [0, 0.05) is 0 Å². The molecule has 0 saturated carbocycles. The first-order valence-electron chi connectivity index (χ1n) is 5.81. The van der Waals surface area contributed by atoms with Gasteiger partial charge in [-0.25, -0.2) is 0 Å². The number of aryl methyl sites for hydroxylation is 1. The second-order valence-corrected chi connectivity index (χ2v) is 5.06. The highest BCUT2D eigenvalue weighted by molar-refractivity contribution is 5.80. The summed E-state index contributed by atoms with van der Waals surface area (Å²) in [7, 11) is 3.91. The number of carbonyl (C=O) groups is 1. The van der Waals surface area contributed by atoms with Crippen molar-refractivity contribution in [1.82, 2.24) is 4.90 Å². The van der Waals surface area contributed by atoms with E-state index in [4.69, 9.17) is 0 Å². The molecule has 1 aromatic carbocycles. The first-order valence-corrected chi connectivity index (χ1v) is 5.81. The van der Waals surface area contributed by atoms with E-state index < -0.39 is 11.4 Å². The van der Waals surface area contributed by atoms with E-state index in [1.165, 1.54) is 0 Å². The summed E-state index contributed by atoms with van der Waals surface area (Å²) in [4.78, 5) is 13.5. The number of nitrogens with zero attached hydrogens (tertiary/aromatic N) is 1. The maximum atomic E-state index is 11.5. The Kier molecular flexibility index (Phi) is 4.29. The predicted octanol–water partition coefficient (Wildman–Crippen LogP) is 2.29. The van der Waals surface area contributed by atoms with Gasteiger partial charge in [0.15, 0.2) is 0 Å². The molecule has 1 unspecified atom stereocenters. The van der Waals surface area contributed by atoms with Crippen molar-refractivity contribution in [3.63, 3.8) is 0 Å². The summed E-state index contributed by atoms with van der Waals surface area (Å²) >= 11 is 0. The Hall–Kier alpha value is -1.35. The van der Waals surface area contributed by atoms with E-state index in [9.17, 15) is 9.90 Å². The van der Waals surface area contributed by atoms with Crippen molar-refractivity contribution in [2.24, 2.45) is 0 Å². The molecule has 94 valence electrons. The van der Waals surface area contributed by atoms with Crippen LogP contribution in [-0.4, -0.2) is 36.6 Å². The third-order valence-electron chi connectivity index (χ3n) is 3.19. The molecule has 0 aliphatic carbocycles. The highest BCUT2D eigenvalue weighted by Crippen LogP contribution is 2.28. The molecule has 0 bridgehead atoms. The molecule has 3 heteroatoms. The number of carboxylic acids is 1. The summed E-state index contributed by atoms with van der Waals surface area (Å²) in [6.45, 7) is 4.54. The van der Waals surface area contributed by atoms with Gasteiger partial charge in [-0.3, -0.25) is 4.79 Å². The molecule has 0 aliphatic rings. The van der Waals surface area contributed by atoms with E-state index in [-0.39, 0.29) is 0 Å². The van der Waals surface area contributed by atoms with Crippen molar-refractivity contribution in [2.45, 2.75) is 25.7 Å². The van der Waals surface area contributed by atoms with Crippen molar-refractivity contribution >= 4 is 5.97 Å². The SMILES string of the molecule is Cc1cccc(C(C)(CCN(C)C)C(=O)O)c1. The van der Waals surface area contributed by atoms with E-state index in [0.29, 0.717) is 6.42 Å². The average molecular weight is 235 g/mol. The fraction of sp³-hybridized carbons (Fsp3) is 0.500. The quantitative estimate of drug-likeness (QED) is 0.851. The lowest BCUT2D eigenvalue weighted by molar-refractivity contribution is -0.143. The van der Waals surface area contributed by atoms with Gasteiger partial charge >= 0.3 is 5.97 Å². The van der Waals surface area contributed by atoms with Crippen molar-refractivity contribution in [3.8, 4) is 0 Å². The van der Waals surface area contributed by atoms with E-state index in [2.05, 4.69) is 0 Å². The maximum absolute atomic E-state index is 11.5. The second kappa shape index (κ2) is 5.32. The van der Waals surface area contributed by atoms with E-state index >= 15 is 0 Å². The van der Waals surface area contributed by atoms with Crippen molar-refractivity contribution in [2.75, 3.05) is 20.6 Å². The smallest absolute Gasteiger partial charge is 0.313 e. The molecular formula is C14H21NO2. The molecule has 1 N–H and O–H groups in total. The van der Waals surface area contributed by atoms with Crippen LogP contribution in [0.2, 0.25) is 0 Å². The van der Waals surface area contributed by atoms with Gasteiger partial charge in [-0.15, -0.1) is 0 Å². The van der Waals surface area contributed by atoms with Gasteiger partial charge in [0.1, 0.15) is 0 Å². The number of carboxylic acid groups (broad SMARTS) is 1. The van der Waals surface area contributed by atoms with E-state index in [1.54, 1.807) is 6.92 Å². The number of rotatable bonds is 5. The Morgan fingerprint density at radius 3 is 2.53 bits per heavy atom. The predicted molar refractivity (Wildman–Crippen MR) is 69.3 cm³/mol. The minimum atomic E-state index is -0.809. The van der Waals surface area contributed by atoms with Crippen LogP contribution in [0.3, 0.4) is 0 Å². The van der Waals surface area contributed by atoms with E-state index in [1.807, 2.05) is 50.2 Å². The molecule has 1 aromatic rings. The third-order valence-corrected chi connectivity index (χ3v) is 3.19. The lowest BCUT2D eigenvalue weighted by Gasteiger charge is -2.27. The van der Waals surface area contributed by atoms with Crippen LogP contribution in [0, 0.1) is 6.92 Å². The molecule has 0 fully saturated rings. The lowest BCUT2D eigenvalue weighted by Crippen LogP contribution is -2.35. The van der Waals surface area contributed by atoms with Gasteiger partial charge in [-0.2, -0.15) is 0 Å². The van der Waals surface area contributed by atoms with Gasteiger partial charge in [-0.05, 0) is 46.5 Å². The number of hydrogen-bond donors (Lipinski definition) is 1. The Morgan fingerprint density at radius 2 is 2.06 bits per heavy atom. The minimum absolute atomic E-state index is 0.610. The molecule has 0 aromatic heterocycles. The molecule has 17 heavy (non-hydrogen) atoms. The zero-order valence-electron chi connectivity index (χ0n) is 11.0. The summed E-state index contributed by atoms with van der Waals surface area (Å²) < 4.78 is 0. The van der Waals surface area contributed by atoms with Crippen molar-refractivity contribution in [3.05, 3.63) is 35.4 Å². The average Bonchev–Trinajstić information content (AvgIpc) is 2.25. The van der Waals surface area contributed by atoms with Crippen LogP contribution in [0.4, 0.5) is 0 Å². The second-order valence-electron chi connectivity index (χ2n) is 5.06. The van der Waals surface area contributed by atoms with Crippen LogP contribution in [0.25, 0.3) is 0 Å². The molecule has 0 saturated heterocycles. The van der Waals surface area contributed by atoms with Crippen LogP contribution >= 0.6 is 0 Å². The molecule has 0 radical (unpaired) electrons. The zero-order valence-corrected chi connectivity index (χ0v) is 11.0. The van der Waals surface area contributed by atoms with Crippen LogP contribution in [0.1, 0.15) is 24.5 Å². The summed E-state index contributed by atoms with van der Waals surface area (Å²) in [6.07, 6.45) is 0.610. The maximum Gasteiger partial charge on any atom is 0.313 e. The van der Waals surface area contributed by atoms with E-state index in [0.717, 1.165) is 17.7 Å². The Labute approximate surface area is 103 Å². The highest BCUT2D eigenvalue weighted by atomic mass is 16.4. The largest absolute Gasteiger partial charge is 0.481 e. The van der Waals surface area contributed by atoms with Crippen LogP contribution in [0.15, 0.2) is 24.3 Å². The molecule has 1 atom stereocenters. The molecule has 0 amide bonds. The number of benzene rings is 1. The van der Waals surface area contributed by atoms with Gasteiger partial charge in [0.2, 0.25) is 0 Å². The van der Waals surface area contributed by atoms with Gasteiger partial charge < -0.3 is 10.0 Å². The number of hydrogen-bond acceptors (Lipinski definition) is 2. The lowest BCUT2D eigenvalue weighted by atomic mass is 9.79. The molecule has 1 rings (SSSR count). The number of aliphatic carboxylic acids is 1. The summed E-state index contributed by atoms with van der Waals surface area (Å²) in [5.74, 6) is -0.759. The van der Waals surface area contributed by atoms with Crippen LogP contribution in [0.5, 0.6) is 0 Å². The Morgan fingerprint density at radius 1 is 1.41 bits per heavy atom. The Bertz CT molecular complexity index is 401. The third kappa shape index (κ3) is 3.30. The topological polar surface area (TPSA) is 40.5 Å². The molecule has 0 heterocycles. The fourth-order valence-electron chi connectivity index (χ4n) is 1.81. The summed E-state index contributed by atoms with van der Waals surface area (Å²) in [5.41, 5.74) is 1.17. The van der Waals surface area contributed by atoms with Crippen molar-refractivity contribution in [1.29, 1.82) is 0 Å². The van der Waals surface area contributed by atoms with Gasteiger partial charge in [-0.1, -0.05) is 29.8 Å². The first-order chi connectivity index (χ1) is 7.86. The monoisotopic (exact) mass is 235 g/mol. The fourth-order valence-corrected chi connectivity index (χ4v) is 1.81. The first kappa shape index (κ1) is 13.7. The van der Waals surface area contributed by atoms with Crippen molar-refractivity contribution < 1.29 is 9.90 Å². The van der Waals surface area contributed by atoms with Gasteiger partial charge in [0.25, 0.3) is 0 Å². The summed E-state index contributed by atoms with van der Waals surface area (Å²) in [6, 6.07) is 7.76. The minimum Gasteiger partial charge on any atom is -0.481 e. The normalized spacial score (nSPS) is 14.6. The standard InChI is InChI=1S/C14H21NO2/c1-11-6-5-7-12(10-11)14(2,13(16)17)8-9-15(3)4/h5-7,10H,8-9H2,1-4H3,(H,16,17). The summed E-state index contributed by atoms with van der Waals surface area (Å²) in [5, 5.41) is 9.47. The molecule has 0 spiro atoms. The molecule has 3 nitrogen and oxygen atoms in total. The molecule has 0 aliphatic heterocycles. The Balaban J connectivity index is 3.03. The van der Waals surface area contributed by atoms with Crippen LogP contribution < -0.4 is 0 Å². The van der Waals surface area contributed by atoms with Gasteiger partial charge in [0.05, 0.1) is 5.41 Å².